The van der Waals surface area contributed by atoms with E-state index in [2.05, 4.69) is 13.8 Å². The molecule has 0 fully saturated rings. The molecular weight excluding hydrogens is 188 g/mol. The number of carboxylic acid groups (broad SMARTS) is 1. The van der Waals surface area contributed by atoms with Crippen molar-refractivity contribution >= 4 is 5.97 Å². The maximum absolute atomic E-state index is 10.9. The Labute approximate surface area is 94.1 Å². The number of unbranched alkanes of at least 4 members (excludes halogenated alkanes) is 1. The summed E-state index contributed by atoms with van der Waals surface area (Å²) in [6, 6.07) is 0. The van der Waals surface area contributed by atoms with Gasteiger partial charge >= 0.3 is 5.97 Å². The summed E-state index contributed by atoms with van der Waals surface area (Å²) in [5.41, 5.74) is 0. The minimum atomic E-state index is -0.631. The molecule has 0 heterocycles. The van der Waals surface area contributed by atoms with Crippen LogP contribution in [0.1, 0.15) is 59.8 Å². The summed E-state index contributed by atoms with van der Waals surface area (Å²) in [7, 11) is 0. The first-order chi connectivity index (χ1) is 6.99. The third-order valence-electron chi connectivity index (χ3n) is 3.28. The van der Waals surface area contributed by atoms with E-state index in [1.54, 1.807) is 0 Å². The molecule has 2 nitrogen and oxygen atoms in total. The van der Waals surface area contributed by atoms with E-state index >= 15 is 0 Å². The van der Waals surface area contributed by atoms with E-state index in [9.17, 15) is 4.79 Å². The van der Waals surface area contributed by atoms with Crippen molar-refractivity contribution in [3.05, 3.63) is 0 Å². The maximum Gasteiger partial charge on any atom is 0.306 e. The summed E-state index contributed by atoms with van der Waals surface area (Å²) in [6.45, 7) is 8.46. The Kier molecular flexibility index (Phi) is 7.45. The second-order valence-corrected chi connectivity index (χ2v) is 4.99. The van der Waals surface area contributed by atoms with Crippen LogP contribution in [0.3, 0.4) is 0 Å². The molecule has 0 saturated carbocycles. The van der Waals surface area contributed by atoms with Crippen LogP contribution in [-0.2, 0) is 4.79 Å². The SMILES string of the molecule is CCC(C)CCCC[C@H](C(=O)O)C(C)C. The van der Waals surface area contributed by atoms with Crippen molar-refractivity contribution in [1.82, 2.24) is 0 Å². The van der Waals surface area contributed by atoms with Crippen LogP contribution in [0.2, 0.25) is 0 Å². The molecule has 0 aliphatic heterocycles. The highest BCUT2D eigenvalue weighted by molar-refractivity contribution is 5.70. The molecule has 0 radical (unpaired) electrons. The molecule has 1 unspecified atom stereocenters. The van der Waals surface area contributed by atoms with Gasteiger partial charge in [0.05, 0.1) is 5.92 Å². The number of hydrogen-bond donors (Lipinski definition) is 1. The lowest BCUT2D eigenvalue weighted by Gasteiger charge is -2.16. The lowest BCUT2D eigenvalue weighted by Crippen LogP contribution is -2.19. The standard InChI is InChI=1S/C13H26O2/c1-5-11(4)8-6-7-9-12(10(2)3)13(14)15/h10-12H,5-9H2,1-4H3,(H,14,15)/t11?,12-/m0/s1. The quantitative estimate of drug-likeness (QED) is 0.621. The monoisotopic (exact) mass is 214 g/mol. The van der Waals surface area contributed by atoms with E-state index in [0.29, 0.717) is 0 Å². The fourth-order valence-corrected chi connectivity index (χ4v) is 1.80. The summed E-state index contributed by atoms with van der Waals surface area (Å²) in [4.78, 5) is 10.9. The summed E-state index contributed by atoms with van der Waals surface area (Å²) < 4.78 is 0. The largest absolute Gasteiger partial charge is 0.481 e. The number of hydrogen-bond acceptors (Lipinski definition) is 1. The average molecular weight is 214 g/mol. The minimum absolute atomic E-state index is 0.151. The second kappa shape index (κ2) is 7.72. The van der Waals surface area contributed by atoms with Gasteiger partial charge in [-0.15, -0.1) is 0 Å². The number of aliphatic carboxylic acids is 1. The van der Waals surface area contributed by atoms with Crippen molar-refractivity contribution in [2.24, 2.45) is 17.8 Å². The molecule has 0 amide bonds. The normalized spacial score (nSPS) is 15.3. The zero-order valence-corrected chi connectivity index (χ0v) is 10.6. The first-order valence-electron chi connectivity index (χ1n) is 6.21. The van der Waals surface area contributed by atoms with Crippen LogP contribution in [-0.4, -0.2) is 11.1 Å². The van der Waals surface area contributed by atoms with Gasteiger partial charge in [-0.05, 0) is 18.3 Å². The van der Waals surface area contributed by atoms with Crippen molar-refractivity contribution in [3.63, 3.8) is 0 Å². The van der Waals surface area contributed by atoms with Crippen molar-refractivity contribution in [2.75, 3.05) is 0 Å². The molecule has 0 aliphatic rings. The smallest absolute Gasteiger partial charge is 0.306 e. The highest BCUT2D eigenvalue weighted by atomic mass is 16.4. The van der Waals surface area contributed by atoms with Crippen LogP contribution in [0.4, 0.5) is 0 Å². The Morgan fingerprint density at radius 2 is 1.67 bits per heavy atom. The molecule has 0 aromatic carbocycles. The fourth-order valence-electron chi connectivity index (χ4n) is 1.80. The number of carbonyl (C=O) groups is 1. The van der Waals surface area contributed by atoms with Crippen LogP contribution in [0.5, 0.6) is 0 Å². The van der Waals surface area contributed by atoms with Crippen molar-refractivity contribution in [2.45, 2.75) is 59.8 Å². The first-order valence-corrected chi connectivity index (χ1v) is 6.21. The maximum atomic E-state index is 10.9. The molecule has 0 aliphatic carbocycles. The van der Waals surface area contributed by atoms with Gasteiger partial charge in [0.2, 0.25) is 0 Å². The van der Waals surface area contributed by atoms with E-state index in [1.807, 2.05) is 13.8 Å². The first kappa shape index (κ1) is 14.5. The Bertz CT molecular complexity index is 175. The molecule has 1 N–H and O–H groups in total. The molecule has 0 aromatic heterocycles. The second-order valence-electron chi connectivity index (χ2n) is 4.99. The Hall–Kier alpha value is -0.530. The topological polar surface area (TPSA) is 37.3 Å². The van der Waals surface area contributed by atoms with Crippen LogP contribution >= 0.6 is 0 Å². The molecule has 2 heteroatoms. The van der Waals surface area contributed by atoms with E-state index in [-0.39, 0.29) is 11.8 Å². The summed E-state index contributed by atoms with van der Waals surface area (Å²) in [5.74, 6) is 0.258. The molecule has 2 atom stereocenters. The third-order valence-corrected chi connectivity index (χ3v) is 3.28. The average Bonchev–Trinajstić information content (AvgIpc) is 2.15. The number of carboxylic acids is 1. The van der Waals surface area contributed by atoms with E-state index in [4.69, 9.17) is 5.11 Å². The molecule has 0 rings (SSSR count). The van der Waals surface area contributed by atoms with E-state index in [1.165, 1.54) is 19.3 Å². The molecule has 0 bridgehead atoms. The number of rotatable bonds is 8. The molecular formula is C13H26O2. The lowest BCUT2D eigenvalue weighted by atomic mass is 9.89. The minimum Gasteiger partial charge on any atom is -0.481 e. The molecule has 0 spiro atoms. The van der Waals surface area contributed by atoms with Gasteiger partial charge in [0.15, 0.2) is 0 Å². The van der Waals surface area contributed by atoms with Gasteiger partial charge in [0.25, 0.3) is 0 Å². The molecule has 0 saturated heterocycles. The van der Waals surface area contributed by atoms with Crippen molar-refractivity contribution in [1.29, 1.82) is 0 Å². The van der Waals surface area contributed by atoms with Crippen LogP contribution in [0.15, 0.2) is 0 Å². The van der Waals surface area contributed by atoms with Gasteiger partial charge in [0, 0.05) is 0 Å². The van der Waals surface area contributed by atoms with Crippen LogP contribution in [0.25, 0.3) is 0 Å². The highest BCUT2D eigenvalue weighted by Crippen LogP contribution is 2.20. The summed E-state index contributed by atoms with van der Waals surface area (Å²) >= 11 is 0. The van der Waals surface area contributed by atoms with E-state index in [0.717, 1.165) is 18.8 Å². The zero-order valence-electron chi connectivity index (χ0n) is 10.6. The fraction of sp³-hybridized carbons (Fsp3) is 0.923. The highest BCUT2D eigenvalue weighted by Gasteiger charge is 2.20. The zero-order chi connectivity index (χ0) is 11.8. The Morgan fingerprint density at radius 1 is 1.13 bits per heavy atom. The van der Waals surface area contributed by atoms with Gasteiger partial charge in [-0.1, -0.05) is 53.4 Å². The van der Waals surface area contributed by atoms with Crippen LogP contribution in [0, 0.1) is 17.8 Å². The van der Waals surface area contributed by atoms with E-state index < -0.39 is 5.97 Å². The lowest BCUT2D eigenvalue weighted by molar-refractivity contribution is -0.143. The van der Waals surface area contributed by atoms with Gasteiger partial charge in [-0.3, -0.25) is 4.79 Å². The van der Waals surface area contributed by atoms with Gasteiger partial charge < -0.3 is 5.11 Å². The molecule has 15 heavy (non-hydrogen) atoms. The van der Waals surface area contributed by atoms with Gasteiger partial charge in [-0.2, -0.15) is 0 Å². The van der Waals surface area contributed by atoms with Gasteiger partial charge in [-0.25, -0.2) is 0 Å². The molecule has 0 aromatic rings. The predicted molar refractivity (Wildman–Crippen MR) is 63.9 cm³/mol. The Morgan fingerprint density at radius 3 is 2.07 bits per heavy atom. The summed E-state index contributed by atoms with van der Waals surface area (Å²) in [5, 5.41) is 9.00. The van der Waals surface area contributed by atoms with Gasteiger partial charge in [0.1, 0.15) is 0 Å². The third kappa shape index (κ3) is 6.53. The van der Waals surface area contributed by atoms with Crippen LogP contribution < -0.4 is 0 Å². The van der Waals surface area contributed by atoms with Crippen molar-refractivity contribution < 1.29 is 9.90 Å². The Balaban J connectivity index is 3.68. The molecule has 90 valence electrons. The predicted octanol–water partition coefficient (Wildman–Crippen LogP) is 3.95. The summed E-state index contributed by atoms with van der Waals surface area (Å²) in [6.07, 6.45) is 5.53. The van der Waals surface area contributed by atoms with Crippen molar-refractivity contribution in [3.8, 4) is 0 Å².